The number of hydrogen-bond donors (Lipinski definition) is 0. The van der Waals surface area contributed by atoms with Crippen molar-refractivity contribution >= 4 is 11.7 Å². The van der Waals surface area contributed by atoms with E-state index in [1.54, 1.807) is 29.9 Å². The van der Waals surface area contributed by atoms with Gasteiger partial charge in [0.1, 0.15) is 5.75 Å². The molecule has 0 aliphatic carbocycles. The maximum Gasteiger partial charge on any atom is 0.347 e. The van der Waals surface area contributed by atoms with E-state index >= 15 is 0 Å². The summed E-state index contributed by atoms with van der Waals surface area (Å²) in [4.78, 5) is 20.6. The Balaban J connectivity index is 1.42. The van der Waals surface area contributed by atoms with Crippen LogP contribution in [0.15, 0.2) is 42.7 Å². The highest BCUT2D eigenvalue weighted by atomic mass is 16.6. The van der Waals surface area contributed by atoms with Crippen LogP contribution in [0.5, 0.6) is 5.75 Å². The highest BCUT2D eigenvalue weighted by Crippen LogP contribution is 2.24. The minimum Gasteiger partial charge on any atom is -0.479 e. The molecular formula is C21H26N4O3. The SMILES string of the molecule is C[C@@H](Oc1ccc(C(C)(C)C)cc1)C(=O)OCCCc1nc2ncccn2n1. The summed E-state index contributed by atoms with van der Waals surface area (Å²) in [7, 11) is 0. The maximum absolute atomic E-state index is 12.1. The summed E-state index contributed by atoms with van der Waals surface area (Å²) in [6.45, 7) is 8.44. The molecule has 0 unspecified atom stereocenters. The molecular weight excluding hydrogens is 356 g/mol. The van der Waals surface area contributed by atoms with Crippen LogP contribution in [0.2, 0.25) is 0 Å². The number of aromatic nitrogens is 4. The van der Waals surface area contributed by atoms with Gasteiger partial charge < -0.3 is 9.47 Å². The van der Waals surface area contributed by atoms with Gasteiger partial charge in [0.25, 0.3) is 5.78 Å². The summed E-state index contributed by atoms with van der Waals surface area (Å²) in [6.07, 6.45) is 4.05. The maximum atomic E-state index is 12.1. The normalized spacial score (nSPS) is 12.7. The number of ether oxygens (including phenoxy) is 2. The van der Waals surface area contributed by atoms with Gasteiger partial charge in [0.05, 0.1) is 6.61 Å². The first-order valence-electron chi connectivity index (χ1n) is 9.43. The average molecular weight is 382 g/mol. The molecule has 148 valence electrons. The van der Waals surface area contributed by atoms with Crippen LogP contribution in [0.25, 0.3) is 5.78 Å². The second-order valence-electron chi connectivity index (χ2n) is 7.70. The molecule has 0 saturated heterocycles. The van der Waals surface area contributed by atoms with Crippen LogP contribution in [0.1, 0.15) is 45.5 Å². The number of carbonyl (C=O) groups is 1. The largest absolute Gasteiger partial charge is 0.479 e. The Morgan fingerprint density at radius 3 is 2.64 bits per heavy atom. The molecule has 7 heteroatoms. The molecule has 3 aromatic rings. The number of benzene rings is 1. The Hall–Kier alpha value is -2.96. The number of aryl methyl sites for hydroxylation is 1. The van der Waals surface area contributed by atoms with Crippen LogP contribution >= 0.6 is 0 Å². The molecule has 0 bridgehead atoms. The van der Waals surface area contributed by atoms with Gasteiger partial charge in [-0.3, -0.25) is 0 Å². The zero-order chi connectivity index (χ0) is 20.1. The minimum atomic E-state index is -0.669. The van der Waals surface area contributed by atoms with E-state index in [0.717, 1.165) is 0 Å². The van der Waals surface area contributed by atoms with Crippen LogP contribution in [0, 0.1) is 0 Å². The topological polar surface area (TPSA) is 78.6 Å². The van der Waals surface area contributed by atoms with Gasteiger partial charge in [0.2, 0.25) is 0 Å². The second kappa shape index (κ2) is 8.37. The van der Waals surface area contributed by atoms with Crippen molar-refractivity contribution in [1.29, 1.82) is 0 Å². The third-order valence-electron chi connectivity index (χ3n) is 4.31. The molecule has 0 aliphatic rings. The molecule has 0 spiro atoms. The first kappa shape index (κ1) is 19.8. The van der Waals surface area contributed by atoms with Crippen molar-refractivity contribution in [2.75, 3.05) is 6.61 Å². The third-order valence-corrected chi connectivity index (χ3v) is 4.31. The summed E-state index contributed by atoms with van der Waals surface area (Å²) in [5.74, 6) is 1.51. The summed E-state index contributed by atoms with van der Waals surface area (Å²) in [6, 6.07) is 9.60. The van der Waals surface area contributed by atoms with Crippen molar-refractivity contribution in [2.45, 2.75) is 52.1 Å². The molecule has 3 rings (SSSR count). The predicted octanol–water partition coefficient (Wildman–Crippen LogP) is 3.37. The Labute approximate surface area is 164 Å². The van der Waals surface area contributed by atoms with Crippen LogP contribution in [-0.4, -0.2) is 38.3 Å². The number of fused-ring (bicyclic) bond motifs is 1. The lowest BCUT2D eigenvalue weighted by Crippen LogP contribution is -2.26. The summed E-state index contributed by atoms with van der Waals surface area (Å²) >= 11 is 0. The lowest BCUT2D eigenvalue weighted by molar-refractivity contribution is -0.151. The van der Waals surface area contributed by atoms with E-state index in [9.17, 15) is 4.79 Å². The standard InChI is InChI=1S/C21H26N4O3/c1-15(28-17-10-8-16(9-11-17)21(2,3)4)19(26)27-14-5-7-18-23-20-22-12-6-13-25(20)24-18/h6,8-13,15H,5,7,14H2,1-4H3/t15-/m1/s1. The molecule has 0 fully saturated rings. The van der Waals surface area contributed by atoms with E-state index in [2.05, 4.69) is 35.8 Å². The van der Waals surface area contributed by atoms with E-state index in [4.69, 9.17) is 9.47 Å². The highest BCUT2D eigenvalue weighted by molar-refractivity contribution is 5.74. The van der Waals surface area contributed by atoms with Crippen molar-refractivity contribution in [1.82, 2.24) is 19.6 Å². The third kappa shape index (κ3) is 5.06. The Morgan fingerprint density at radius 2 is 1.96 bits per heavy atom. The molecule has 28 heavy (non-hydrogen) atoms. The Kier molecular flexibility index (Phi) is 5.92. The van der Waals surface area contributed by atoms with Gasteiger partial charge in [0, 0.05) is 18.8 Å². The molecule has 2 heterocycles. The van der Waals surface area contributed by atoms with E-state index in [1.165, 1.54) is 5.56 Å². The molecule has 2 aromatic heterocycles. The van der Waals surface area contributed by atoms with Crippen molar-refractivity contribution < 1.29 is 14.3 Å². The van der Waals surface area contributed by atoms with Gasteiger partial charge in [-0.2, -0.15) is 4.98 Å². The van der Waals surface area contributed by atoms with Crippen LogP contribution in [-0.2, 0) is 21.4 Å². The summed E-state index contributed by atoms with van der Waals surface area (Å²) < 4.78 is 12.6. The lowest BCUT2D eigenvalue weighted by atomic mass is 9.87. The summed E-state index contributed by atoms with van der Waals surface area (Å²) in [5.41, 5.74) is 1.29. The van der Waals surface area contributed by atoms with Crippen molar-refractivity contribution in [3.8, 4) is 5.75 Å². The van der Waals surface area contributed by atoms with Crippen LogP contribution in [0.3, 0.4) is 0 Å². The minimum absolute atomic E-state index is 0.0783. The fourth-order valence-corrected chi connectivity index (χ4v) is 2.69. The quantitative estimate of drug-likeness (QED) is 0.460. The first-order valence-corrected chi connectivity index (χ1v) is 9.43. The van der Waals surface area contributed by atoms with Gasteiger partial charge in [-0.15, -0.1) is 5.10 Å². The first-order chi connectivity index (χ1) is 13.3. The lowest BCUT2D eigenvalue weighted by Gasteiger charge is -2.20. The number of rotatable bonds is 7. The number of esters is 1. The Morgan fingerprint density at radius 1 is 1.21 bits per heavy atom. The monoisotopic (exact) mass is 382 g/mol. The van der Waals surface area contributed by atoms with Gasteiger partial charge >= 0.3 is 5.97 Å². The fraction of sp³-hybridized carbons (Fsp3) is 0.429. The second-order valence-corrected chi connectivity index (χ2v) is 7.70. The molecule has 0 N–H and O–H groups in total. The predicted molar refractivity (Wildman–Crippen MR) is 105 cm³/mol. The van der Waals surface area contributed by atoms with Crippen LogP contribution in [0.4, 0.5) is 0 Å². The average Bonchev–Trinajstić information content (AvgIpc) is 3.07. The zero-order valence-corrected chi connectivity index (χ0v) is 16.8. The molecule has 0 amide bonds. The number of carbonyl (C=O) groups excluding carboxylic acids is 1. The van der Waals surface area contributed by atoms with Gasteiger partial charge in [-0.05, 0) is 42.5 Å². The molecule has 1 aromatic carbocycles. The fourth-order valence-electron chi connectivity index (χ4n) is 2.69. The smallest absolute Gasteiger partial charge is 0.347 e. The number of hydrogen-bond acceptors (Lipinski definition) is 6. The highest BCUT2D eigenvalue weighted by Gasteiger charge is 2.18. The zero-order valence-electron chi connectivity index (χ0n) is 16.8. The van der Waals surface area contributed by atoms with Crippen molar-refractivity contribution in [3.63, 3.8) is 0 Å². The van der Waals surface area contributed by atoms with E-state index in [1.807, 2.05) is 24.3 Å². The molecule has 7 nitrogen and oxygen atoms in total. The van der Waals surface area contributed by atoms with Gasteiger partial charge in [-0.25, -0.2) is 14.3 Å². The van der Waals surface area contributed by atoms with E-state index in [0.29, 0.717) is 36.8 Å². The van der Waals surface area contributed by atoms with Gasteiger partial charge in [-0.1, -0.05) is 32.9 Å². The Bertz CT molecular complexity index is 896. The van der Waals surface area contributed by atoms with Crippen LogP contribution < -0.4 is 4.74 Å². The number of nitrogens with zero attached hydrogens (tertiary/aromatic N) is 4. The molecule has 0 radical (unpaired) electrons. The van der Waals surface area contributed by atoms with Crippen molar-refractivity contribution in [2.24, 2.45) is 0 Å². The molecule has 0 saturated carbocycles. The van der Waals surface area contributed by atoms with Crippen molar-refractivity contribution in [3.05, 3.63) is 54.1 Å². The molecule has 1 atom stereocenters. The van der Waals surface area contributed by atoms with Gasteiger partial charge in [0.15, 0.2) is 11.9 Å². The van der Waals surface area contributed by atoms with E-state index < -0.39 is 6.10 Å². The molecule has 0 aliphatic heterocycles. The van der Waals surface area contributed by atoms with E-state index in [-0.39, 0.29) is 11.4 Å². The summed E-state index contributed by atoms with van der Waals surface area (Å²) in [5, 5.41) is 4.32.